The molecular weight excluding hydrogens is 180 g/mol. The molecule has 0 N–H and O–H groups in total. The summed E-state index contributed by atoms with van der Waals surface area (Å²) < 4.78 is 0. The third kappa shape index (κ3) is 2.71. The number of fused-ring (bicyclic) bond motifs is 2. The van der Waals surface area contributed by atoms with E-state index >= 15 is 0 Å². The molecule has 15 heavy (non-hydrogen) atoms. The summed E-state index contributed by atoms with van der Waals surface area (Å²) in [7, 11) is 0. The van der Waals surface area contributed by atoms with Crippen molar-refractivity contribution in [2.45, 2.75) is 19.8 Å². The van der Waals surface area contributed by atoms with Gasteiger partial charge in [-0.2, -0.15) is 0 Å². The zero-order valence-corrected chi connectivity index (χ0v) is 9.47. The maximum Gasteiger partial charge on any atom is -0.00445 e. The van der Waals surface area contributed by atoms with Crippen LogP contribution in [0.2, 0.25) is 0 Å². The second kappa shape index (κ2) is 4.65. The molecule has 0 aromatic heterocycles. The first-order valence-electron chi connectivity index (χ1n) is 5.95. The average Bonchev–Trinajstić information content (AvgIpc) is 2.94. The summed E-state index contributed by atoms with van der Waals surface area (Å²) in [6, 6.07) is 0. The molecule has 0 aromatic rings. The fourth-order valence-electron chi connectivity index (χ4n) is 2.42. The van der Waals surface area contributed by atoms with E-state index in [4.69, 9.17) is 0 Å². The Hall–Kier alpha value is -1.04. The molecule has 2 unspecified atom stereocenters. The van der Waals surface area contributed by atoms with Crippen molar-refractivity contribution in [2.75, 3.05) is 0 Å². The molecule has 0 heterocycles. The SMILES string of the molecule is C1=CC2C=CC1C2.C=CC1C=CC(C)C1. The quantitative estimate of drug-likeness (QED) is 0.558. The van der Waals surface area contributed by atoms with Gasteiger partial charge in [0.05, 0.1) is 0 Å². The zero-order chi connectivity index (χ0) is 10.7. The molecule has 3 aliphatic carbocycles. The average molecular weight is 200 g/mol. The summed E-state index contributed by atoms with van der Waals surface area (Å²) >= 11 is 0. The highest BCUT2D eigenvalue weighted by Gasteiger charge is 2.19. The van der Waals surface area contributed by atoms with Crippen molar-refractivity contribution in [1.82, 2.24) is 0 Å². The van der Waals surface area contributed by atoms with Gasteiger partial charge in [0, 0.05) is 0 Å². The van der Waals surface area contributed by atoms with Gasteiger partial charge in [-0.05, 0) is 36.5 Å². The van der Waals surface area contributed by atoms with E-state index in [0.717, 1.165) is 17.8 Å². The van der Waals surface area contributed by atoms with E-state index in [-0.39, 0.29) is 0 Å². The molecule has 0 heteroatoms. The predicted octanol–water partition coefficient (Wildman–Crippen LogP) is 4.13. The van der Waals surface area contributed by atoms with Crippen LogP contribution < -0.4 is 0 Å². The Labute approximate surface area is 93.1 Å². The zero-order valence-electron chi connectivity index (χ0n) is 9.47. The highest BCUT2D eigenvalue weighted by Crippen LogP contribution is 2.31. The molecule has 0 spiro atoms. The van der Waals surface area contributed by atoms with Gasteiger partial charge < -0.3 is 0 Å². The van der Waals surface area contributed by atoms with Crippen LogP contribution >= 0.6 is 0 Å². The van der Waals surface area contributed by atoms with E-state index in [1.807, 2.05) is 6.08 Å². The number of hydrogen-bond donors (Lipinski definition) is 0. The van der Waals surface area contributed by atoms with Gasteiger partial charge in [-0.3, -0.25) is 0 Å². The molecule has 0 nitrogen and oxygen atoms in total. The molecule has 3 aliphatic rings. The van der Waals surface area contributed by atoms with Gasteiger partial charge in [-0.25, -0.2) is 0 Å². The molecule has 0 aromatic carbocycles. The third-order valence-corrected chi connectivity index (χ3v) is 3.39. The summed E-state index contributed by atoms with van der Waals surface area (Å²) in [5.74, 6) is 3.05. The molecule has 0 saturated carbocycles. The molecule has 0 aliphatic heterocycles. The Kier molecular flexibility index (Phi) is 3.25. The monoisotopic (exact) mass is 200 g/mol. The normalized spacial score (nSPS) is 39.3. The minimum absolute atomic E-state index is 0.657. The van der Waals surface area contributed by atoms with Gasteiger partial charge in [0.1, 0.15) is 0 Å². The van der Waals surface area contributed by atoms with Crippen molar-refractivity contribution in [1.29, 1.82) is 0 Å². The van der Waals surface area contributed by atoms with Crippen molar-refractivity contribution in [3.63, 3.8) is 0 Å². The van der Waals surface area contributed by atoms with E-state index < -0.39 is 0 Å². The van der Waals surface area contributed by atoms with Crippen LogP contribution in [0, 0.1) is 23.7 Å². The van der Waals surface area contributed by atoms with Crippen LogP contribution in [0.1, 0.15) is 19.8 Å². The van der Waals surface area contributed by atoms with E-state index in [1.165, 1.54) is 12.8 Å². The first-order valence-corrected chi connectivity index (χ1v) is 5.95. The van der Waals surface area contributed by atoms with Crippen LogP contribution in [-0.2, 0) is 0 Å². The largest absolute Gasteiger partial charge is 0.102 e. The van der Waals surface area contributed by atoms with Gasteiger partial charge in [-0.1, -0.05) is 49.5 Å². The van der Waals surface area contributed by atoms with Crippen LogP contribution in [0.25, 0.3) is 0 Å². The van der Waals surface area contributed by atoms with Crippen LogP contribution in [0.5, 0.6) is 0 Å². The number of hydrogen-bond acceptors (Lipinski definition) is 0. The molecule has 2 bridgehead atoms. The van der Waals surface area contributed by atoms with Crippen LogP contribution in [-0.4, -0.2) is 0 Å². The van der Waals surface area contributed by atoms with E-state index in [0.29, 0.717) is 5.92 Å². The van der Waals surface area contributed by atoms with Crippen molar-refractivity contribution in [3.05, 3.63) is 49.1 Å². The summed E-state index contributed by atoms with van der Waals surface area (Å²) in [6.07, 6.45) is 18.3. The van der Waals surface area contributed by atoms with Crippen molar-refractivity contribution in [2.24, 2.45) is 23.7 Å². The molecule has 0 amide bonds. The van der Waals surface area contributed by atoms with Gasteiger partial charge in [-0.15, -0.1) is 6.58 Å². The summed E-state index contributed by atoms with van der Waals surface area (Å²) in [6.45, 7) is 5.96. The summed E-state index contributed by atoms with van der Waals surface area (Å²) in [4.78, 5) is 0. The minimum atomic E-state index is 0.657. The topological polar surface area (TPSA) is 0 Å². The lowest BCUT2D eigenvalue weighted by Gasteiger charge is -1.99. The summed E-state index contributed by atoms with van der Waals surface area (Å²) in [5, 5.41) is 0. The van der Waals surface area contributed by atoms with E-state index in [1.54, 1.807) is 0 Å². The van der Waals surface area contributed by atoms with Crippen LogP contribution in [0.3, 0.4) is 0 Å². The minimum Gasteiger partial charge on any atom is -0.102 e. The maximum absolute atomic E-state index is 3.73. The second-order valence-electron chi connectivity index (χ2n) is 4.83. The standard InChI is InChI=1S/C8H12.C7H8/c1-3-8-5-4-7(2)6-8;1-2-7-4-3-6(1)5-7/h3-5,7-8H,1,6H2,2H3;1-4,6-7H,5H2. The van der Waals surface area contributed by atoms with Gasteiger partial charge >= 0.3 is 0 Å². The molecule has 80 valence electrons. The molecule has 0 radical (unpaired) electrons. The van der Waals surface area contributed by atoms with Crippen molar-refractivity contribution < 1.29 is 0 Å². The number of rotatable bonds is 1. The van der Waals surface area contributed by atoms with Gasteiger partial charge in [0.25, 0.3) is 0 Å². The second-order valence-corrected chi connectivity index (χ2v) is 4.83. The van der Waals surface area contributed by atoms with Crippen molar-refractivity contribution in [3.8, 4) is 0 Å². The summed E-state index contributed by atoms with van der Waals surface area (Å²) in [5.41, 5.74) is 0. The van der Waals surface area contributed by atoms with Crippen LogP contribution in [0.4, 0.5) is 0 Å². The highest BCUT2D eigenvalue weighted by molar-refractivity contribution is 5.21. The smallest absolute Gasteiger partial charge is 0.00445 e. The van der Waals surface area contributed by atoms with Crippen LogP contribution in [0.15, 0.2) is 49.1 Å². The molecule has 2 atom stereocenters. The predicted molar refractivity (Wildman–Crippen MR) is 66.5 cm³/mol. The lowest BCUT2D eigenvalue weighted by Crippen LogP contribution is -1.88. The Balaban J connectivity index is 0.000000114. The molecule has 3 rings (SSSR count). The fraction of sp³-hybridized carbons (Fsp3) is 0.467. The number of allylic oxidation sites excluding steroid dienone is 7. The van der Waals surface area contributed by atoms with E-state index in [2.05, 4.69) is 50.0 Å². The maximum atomic E-state index is 3.73. The third-order valence-electron chi connectivity index (χ3n) is 3.39. The van der Waals surface area contributed by atoms with E-state index in [9.17, 15) is 0 Å². The first kappa shape index (κ1) is 10.5. The highest BCUT2D eigenvalue weighted by atomic mass is 14.2. The van der Waals surface area contributed by atoms with Gasteiger partial charge in [0.2, 0.25) is 0 Å². The Morgan fingerprint density at radius 1 is 0.933 bits per heavy atom. The Morgan fingerprint density at radius 2 is 1.53 bits per heavy atom. The van der Waals surface area contributed by atoms with Crippen molar-refractivity contribution >= 4 is 0 Å². The van der Waals surface area contributed by atoms with Gasteiger partial charge in [0.15, 0.2) is 0 Å². The lowest BCUT2D eigenvalue weighted by molar-refractivity contribution is 0.630. The fourth-order valence-corrected chi connectivity index (χ4v) is 2.42. The first-order chi connectivity index (χ1) is 7.28. The Bertz CT molecular complexity index is 278. The molecule has 0 saturated heterocycles. The molecule has 0 fully saturated rings. The Morgan fingerprint density at radius 3 is 1.73 bits per heavy atom. The molecular formula is C15H20. The lowest BCUT2D eigenvalue weighted by atomic mass is 10.1.